The van der Waals surface area contributed by atoms with E-state index in [0.29, 0.717) is 31.0 Å². The molecule has 1 fully saturated rings. The Balaban J connectivity index is 1.56. The van der Waals surface area contributed by atoms with Gasteiger partial charge in [0, 0.05) is 20.2 Å². The molecule has 1 aromatic carbocycles. The minimum absolute atomic E-state index is 0.0524. The van der Waals surface area contributed by atoms with Gasteiger partial charge in [0.15, 0.2) is 0 Å². The maximum Gasteiger partial charge on any atom is 0.257 e. The van der Waals surface area contributed by atoms with Crippen molar-refractivity contribution in [1.29, 1.82) is 0 Å². The van der Waals surface area contributed by atoms with Gasteiger partial charge in [0.25, 0.3) is 5.91 Å². The van der Waals surface area contributed by atoms with Crippen molar-refractivity contribution in [2.24, 2.45) is 0 Å². The molecule has 2 aliphatic rings. The summed E-state index contributed by atoms with van der Waals surface area (Å²) in [6.45, 7) is 5.82. The molecule has 0 N–H and O–H groups in total. The lowest BCUT2D eigenvalue weighted by atomic mass is 10.0. The number of carbonyl (C=O) groups excluding carboxylic acids is 2. The molecule has 2 aromatic rings. The summed E-state index contributed by atoms with van der Waals surface area (Å²) in [4.78, 5) is 34.2. The number of para-hydroxylation sites is 1. The molecule has 2 atom stereocenters. The van der Waals surface area contributed by atoms with Gasteiger partial charge in [-0.3, -0.25) is 9.59 Å². The van der Waals surface area contributed by atoms with Crippen molar-refractivity contribution in [3.8, 4) is 5.75 Å². The fourth-order valence-corrected chi connectivity index (χ4v) is 4.77. The first kappa shape index (κ1) is 25.2. The Kier molecular flexibility index (Phi) is 8.05. The molecule has 1 aromatic heterocycles. The van der Waals surface area contributed by atoms with Gasteiger partial charge >= 0.3 is 0 Å². The third-order valence-corrected chi connectivity index (χ3v) is 6.98. The molecule has 0 spiro atoms. The Hall–Kier alpha value is -2.94. The summed E-state index contributed by atoms with van der Waals surface area (Å²) in [6, 6.07) is 7.35. The molecule has 3 heterocycles. The van der Waals surface area contributed by atoms with Crippen LogP contribution in [0.3, 0.4) is 0 Å². The highest BCUT2D eigenvalue weighted by Gasteiger charge is 2.43. The Morgan fingerprint density at radius 2 is 1.74 bits per heavy atom. The lowest BCUT2D eigenvalue weighted by molar-refractivity contribution is -0.139. The molecule has 2 amide bonds. The van der Waals surface area contributed by atoms with Crippen molar-refractivity contribution in [2.75, 3.05) is 33.3 Å². The smallest absolute Gasteiger partial charge is 0.257 e. The highest BCUT2D eigenvalue weighted by atomic mass is 16.5. The van der Waals surface area contributed by atoms with Gasteiger partial charge in [0.2, 0.25) is 5.91 Å². The summed E-state index contributed by atoms with van der Waals surface area (Å²) >= 11 is 0. The predicted octanol–water partition coefficient (Wildman–Crippen LogP) is 3.11. The van der Waals surface area contributed by atoms with Gasteiger partial charge < -0.3 is 19.3 Å². The molecule has 0 aliphatic carbocycles. The maximum absolute atomic E-state index is 13.5. The second-order valence-corrected chi connectivity index (χ2v) is 10.0. The Morgan fingerprint density at radius 1 is 1.03 bits per heavy atom. The van der Waals surface area contributed by atoms with Crippen LogP contribution in [0.2, 0.25) is 0 Å². The normalized spacial score (nSPS) is 22.9. The average molecular weight is 484 g/mol. The van der Waals surface area contributed by atoms with Crippen LogP contribution in [0.25, 0.3) is 0 Å². The van der Waals surface area contributed by atoms with Crippen LogP contribution in [-0.4, -0.2) is 81.9 Å². The van der Waals surface area contributed by atoms with Crippen molar-refractivity contribution < 1.29 is 19.1 Å². The third kappa shape index (κ3) is 5.83. The fraction of sp³-hybridized carbons (Fsp3) is 0.615. The number of carbonyl (C=O) groups is 2. The van der Waals surface area contributed by atoms with E-state index in [1.165, 1.54) is 6.33 Å². The second kappa shape index (κ2) is 11.2. The summed E-state index contributed by atoms with van der Waals surface area (Å²) < 4.78 is 14.3. The van der Waals surface area contributed by atoms with E-state index in [2.05, 4.69) is 10.1 Å². The number of likely N-dealkylation sites (tertiary alicyclic amines) is 1. The minimum atomic E-state index is -0.887. The zero-order chi connectivity index (χ0) is 24.8. The largest absolute Gasteiger partial charge is 0.485 e. The van der Waals surface area contributed by atoms with E-state index in [-0.39, 0.29) is 24.0 Å². The molecule has 35 heavy (non-hydrogen) atoms. The van der Waals surface area contributed by atoms with E-state index in [1.54, 1.807) is 26.9 Å². The standard InChI is InChI=1S/C26H37N5O4/c1-26(2,31-19-27-18-28-31)25(33)30-16-22-23(17-30)35-21-13-9-8-12-20(21)24(32)29(3)14-10-6-4-5-7-11-15-34-22/h8-9,12-13,18-19,22-23H,4-7,10-11,14-17H2,1-3H3/t22-,23-/m1/s1. The van der Waals surface area contributed by atoms with E-state index < -0.39 is 5.54 Å². The van der Waals surface area contributed by atoms with Crippen LogP contribution in [0.5, 0.6) is 5.75 Å². The molecule has 0 unspecified atom stereocenters. The molecular formula is C26H37N5O4. The van der Waals surface area contributed by atoms with Gasteiger partial charge in [0.05, 0.1) is 18.7 Å². The zero-order valence-electron chi connectivity index (χ0n) is 21.1. The van der Waals surface area contributed by atoms with E-state index in [9.17, 15) is 9.59 Å². The monoisotopic (exact) mass is 483 g/mol. The summed E-state index contributed by atoms with van der Waals surface area (Å²) in [7, 11) is 1.84. The quantitative estimate of drug-likeness (QED) is 0.652. The number of hydrogen-bond donors (Lipinski definition) is 0. The van der Waals surface area contributed by atoms with E-state index >= 15 is 0 Å². The van der Waals surface area contributed by atoms with Gasteiger partial charge in [-0.1, -0.05) is 37.8 Å². The molecule has 4 rings (SSSR count). The average Bonchev–Trinajstić information content (AvgIpc) is 3.53. The van der Waals surface area contributed by atoms with Crippen molar-refractivity contribution >= 4 is 11.8 Å². The van der Waals surface area contributed by atoms with Crippen LogP contribution >= 0.6 is 0 Å². The van der Waals surface area contributed by atoms with Crippen molar-refractivity contribution in [3.63, 3.8) is 0 Å². The molecule has 2 aliphatic heterocycles. The number of amides is 2. The van der Waals surface area contributed by atoms with E-state index in [1.807, 2.05) is 39.1 Å². The molecular weight excluding hydrogens is 446 g/mol. The number of hydrogen-bond acceptors (Lipinski definition) is 6. The molecule has 0 radical (unpaired) electrons. The van der Waals surface area contributed by atoms with Crippen LogP contribution in [0.1, 0.15) is 62.7 Å². The first-order valence-corrected chi connectivity index (χ1v) is 12.6. The maximum atomic E-state index is 13.5. The van der Waals surface area contributed by atoms with Crippen LogP contribution in [0.15, 0.2) is 36.9 Å². The Bertz CT molecular complexity index is 993. The van der Waals surface area contributed by atoms with Gasteiger partial charge in [-0.2, -0.15) is 5.10 Å². The summed E-state index contributed by atoms with van der Waals surface area (Å²) in [5, 5.41) is 4.18. The highest BCUT2D eigenvalue weighted by molar-refractivity contribution is 5.96. The molecule has 0 saturated carbocycles. The summed E-state index contributed by atoms with van der Waals surface area (Å²) in [5.41, 5.74) is -0.351. The topological polar surface area (TPSA) is 89.8 Å². The molecule has 9 heteroatoms. The lowest BCUT2D eigenvalue weighted by Gasteiger charge is -2.29. The van der Waals surface area contributed by atoms with Gasteiger partial charge in [0.1, 0.15) is 36.2 Å². The third-order valence-electron chi connectivity index (χ3n) is 6.98. The van der Waals surface area contributed by atoms with E-state index in [4.69, 9.17) is 9.47 Å². The van der Waals surface area contributed by atoms with Crippen molar-refractivity contribution in [1.82, 2.24) is 24.6 Å². The van der Waals surface area contributed by atoms with Crippen molar-refractivity contribution in [2.45, 2.75) is 70.1 Å². The van der Waals surface area contributed by atoms with Crippen LogP contribution < -0.4 is 4.74 Å². The van der Waals surface area contributed by atoms with Crippen LogP contribution in [-0.2, 0) is 15.1 Å². The van der Waals surface area contributed by atoms with E-state index in [0.717, 1.165) is 45.1 Å². The van der Waals surface area contributed by atoms with Crippen LogP contribution in [0, 0.1) is 0 Å². The highest BCUT2D eigenvalue weighted by Crippen LogP contribution is 2.28. The number of rotatable bonds is 2. The number of fused-ring (bicyclic) bond motifs is 2. The number of aromatic nitrogens is 3. The minimum Gasteiger partial charge on any atom is -0.485 e. The zero-order valence-corrected chi connectivity index (χ0v) is 21.1. The molecule has 1 saturated heterocycles. The van der Waals surface area contributed by atoms with Crippen LogP contribution in [0.4, 0.5) is 0 Å². The lowest BCUT2D eigenvalue weighted by Crippen LogP contribution is -2.47. The first-order valence-electron chi connectivity index (χ1n) is 12.6. The summed E-state index contributed by atoms with van der Waals surface area (Å²) in [5.74, 6) is 0.404. The number of benzene rings is 1. The second-order valence-electron chi connectivity index (χ2n) is 10.0. The fourth-order valence-electron chi connectivity index (χ4n) is 4.77. The SMILES string of the molecule is CN1CCCCCCCCO[C@@H]2CN(C(=O)C(C)(C)n3cncn3)C[C@H]2Oc2ccccc2C1=O. The summed E-state index contributed by atoms with van der Waals surface area (Å²) in [6.07, 6.45) is 8.84. The molecule has 9 nitrogen and oxygen atoms in total. The Morgan fingerprint density at radius 3 is 2.51 bits per heavy atom. The molecule has 0 bridgehead atoms. The Labute approximate surface area is 207 Å². The van der Waals surface area contributed by atoms with Crippen molar-refractivity contribution in [3.05, 3.63) is 42.5 Å². The molecule has 190 valence electrons. The van der Waals surface area contributed by atoms with Gasteiger partial charge in [-0.15, -0.1) is 0 Å². The number of nitrogens with zero attached hydrogens (tertiary/aromatic N) is 5. The van der Waals surface area contributed by atoms with Gasteiger partial charge in [-0.05, 0) is 38.8 Å². The predicted molar refractivity (Wildman–Crippen MR) is 131 cm³/mol. The van der Waals surface area contributed by atoms with Gasteiger partial charge in [-0.25, -0.2) is 9.67 Å². The number of ether oxygens (including phenoxy) is 2. The first-order chi connectivity index (χ1) is 16.9.